The van der Waals surface area contributed by atoms with Gasteiger partial charge in [0.25, 0.3) is 0 Å². The van der Waals surface area contributed by atoms with Crippen LogP contribution in [0.1, 0.15) is 26.4 Å². The molecule has 126 valence electrons. The van der Waals surface area contributed by atoms with Crippen molar-refractivity contribution in [2.45, 2.75) is 6.54 Å². The molecule has 1 aromatic carbocycles. The van der Waals surface area contributed by atoms with E-state index in [1.165, 1.54) is 26.5 Å². The molecule has 1 N–H and O–H groups in total. The number of anilines is 1. The average molecular weight is 330 g/mol. The van der Waals surface area contributed by atoms with E-state index in [4.69, 9.17) is 9.47 Å². The third-order valence-electron chi connectivity index (χ3n) is 3.37. The molecule has 0 bridgehead atoms. The Labute approximate surface area is 139 Å². The van der Waals surface area contributed by atoms with Gasteiger partial charge in [-0.2, -0.15) is 0 Å². The van der Waals surface area contributed by atoms with Crippen molar-refractivity contribution in [3.05, 3.63) is 53.3 Å². The van der Waals surface area contributed by atoms with E-state index in [9.17, 15) is 9.59 Å². The molecule has 1 aromatic heterocycles. The summed E-state index contributed by atoms with van der Waals surface area (Å²) in [7, 11) is 4.10. The molecule has 2 aromatic rings. The van der Waals surface area contributed by atoms with Crippen molar-refractivity contribution in [2.75, 3.05) is 26.6 Å². The maximum atomic E-state index is 12.0. The second-order valence-electron chi connectivity index (χ2n) is 4.76. The fourth-order valence-electron chi connectivity index (χ4n) is 2.13. The van der Waals surface area contributed by atoms with Gasteiger partial charge in [0.15, 0.2) is 0 Å². The number of ether oxygens (including phenoxy) is 3. The lowest BCUT2D eigenvalue weighted by Crippen LogP contribution is -2.13. The Morgan fingerprint density at radius 3 is 2.46 bits per heavy atom. The monoisotopic (exact) mass is 330 g/mol. The molecule has 2 rings (SSSR count). The molecule has 0 unspecified atom stereocenters. The highest BCUT2D eigenvalue weighted by atomic mass is 16.5. The van der Waals surface area contributed by atoms with E-state index in [1.807, 2.05) is 24.3 Å². The number of pyridine rings is 1. The van der Waals surface area contributed by atoms with Gasteiger partial charge in [-0.15, -0.1) is 0 Å². The highest BCUT2D eigenvalue weighted by Gasteiger charge is 2.17. The number of nitrogens with one attached hydrogen (secondary N) is 1. The van der Waals surface area contributed by atoms with E-state index < -0.39 is 11.9 Å². The molecule has 0 atom stereocenters. The highest BCUT2D eigenvalue weighted by molar-refractivity contribution is 5.98. The summed E-state index contributed by atoms with van der Waals surface area (Å²) in [6.07, 6.45) is 1.40. The highest BCUT2D eigenvalue weighted by Crippen LogP contribution is 2.22. The van der Waals surface area contributed by atoms with Gasteiger partial charge in [0, 0.05) is 12.1 Å². The molecule has 24 heavy (non-hydrogen) atoms. The molecular weight excluding hydrogens is 312 g/mol. The van der Waals surface area contributed by atoms with Crippen molar-refractivity contribution in [3.8, 4) is 5.75 Å². The zero-order valence-corrected chi connectivity index (χ0v) is 13.7. The van der Waals surface area contributed by atoms with Gasteiger partial charge in [-0.1, -0.05) is 18.2 Å². The summed E-state index contributed by atoms with van der Waals surface area (Å²) in [5.41, 5.74) is 1.58. The SMILES string of the molecule is COC(=O)c1cc(C(=O)OC)c(NCc2ccccc2OC)cn1. The number of nitrogens with zero attached hydrogens (tertiary/aromatic N) is 1. The van der Waals surface area contributed by atoms with Crippen LogP contribution in [-0.4, -0.2) is 38.3 Å². The van der Waals surface area contributed by atoms with Crippen LogP contribution in [0, 0.1) is 0 Å². The minimum absolute atomic E-state index is 0.0285. The number of para-hydroxylation sites is 1. The first-order valence-electron chi connectivity index (χ1n) is 7.13. The number of benzene rings is 1. The zero-order chi connectivity index (χ0) is 17.5. The van der Waals surface area contributed by atoms with Gasteiger partial charge < -0.3 is 19.5 Å². The van der Waals surface area contributed by atoms with E-state index in [2.05, 4.69) is 15.0 Å². The fourth-order valence-corrected chi connectivity index (χ4v) is 2.13. The summed E-state index contributed by atoms with van der Waals surface area (Å²) in [5.74, 6) is -0.481. The third-order valence-corrected chi connectivity index (χ3v) is 3.37. The molecule has 7 nitrogen and oxygen atoms in total. The predicted molar refractivity (Wildman–Crippen MR) is 87.2 cm³/mol. The van der Waals surface area contributed by atoms with Crippen LogP contribution >= 0.6 is 0 Å². The van der Waals surface area contributed by atoms with Crippen molar-refractivity contribution >= 4 is 17.6 Å². The number of esters is 2. The molecular formula is C17H18N2O5. The Morgan fingerprint density at radius 1 is 1.08 bits per heavy atom. The summed E-state index contributed by atoms with van der Waals surface area (Å²) in [5, 5.41) is 3.11. The Morgan fingerprint density at radius 2 is 1.79 bits per heavy atom. The summed E-state index contributed by atoms with van der Waals surface area (Å²) in [6, 6.07) is 8.84. The molecule has 0 fully saturated rings. The maximum Gasteiger partial charge on any atom is 0.356 e. The van der Waals surface area contributed by atoms with Crippen LogP contribution < -0.4 is 10.1 Å². The van der Waals surface area contributed by atoms with Gasteiger partial charge in [0.05, 0.1) is 38.8 Å². The smallest absolute Gasteiger partial charge is 0.356 e. The van der Waals surface area contributed by atoms with Crippen molar-refractivity contribution in [3.63, 3.8) is 0 Å². The number of methoxy groups -OCH3 is 3. The summed E-state index contributed by atoms with van der Waals surface area (Å²) >= 11 is 0. The number of rotatable bonds is 6. The lowest BCUT2D eigenvalue weighted by molar-refractivity contribution is 0.0593. The quantitative estimate of drug-likeness (QED) is 0.813. The van der Waals surface area contributed by atoms with Crippen molar-refractivity contribution in [1.82, 2.24) is 4.98 Å². The molecule has 0 radical (unpaired) electrons. The minimum Gasteiger partial charge on any atom is -0.496 e. The van der Waals surface area contributed by atoms with E-state index in [0.717, 1.165) is 11.3 Å². The molecule has 7 heteroatoms. The summed E-state index contributed by atoms with van der Waals surface area (Å²) < 4.78 is 14.7. The normalized spacial score (nSPS) is 9.96. The molecule has 1 heterocycles. The van der Waals surface area contributed by atoms with Gasteiger partial charge in [0.2, 0.25) is 0 Å². The van der Waals surface area contributed by atoms with Crippen molar-refractivity contribution in [2.24, 2.45) is 0 Å². The van der Waals surface area contributed by atoms with E-state index in [-0.39, 0.29) is 11.3 Å². The average Bonchev–Trinajstić information content (AvgIpc) is 2.65. The zero-order valence-electron chi connectivity index (χ0n) is 13.7. The number of aromatic nitrogens is 1. The molecule has 0 amide bonds. The van der Waals surface area contributed by atoms with Crippen LogP contribution in [0.25, 0.3) is 0 Å². The molecule has 0 aliphatic rings. The van der Waals surface area contributed by atoms with Gasteiger partial charge in [0.1, 0.15) is 11.4 Å². The molecule has 0 aliphatic heterocycles. The molecule has 0 saturated heterocycles. The Hall–Kier alpha value is -3.09. The van der Waals surface area contributed by atoms with Gasteiger partial charge in [-0.25, -0.2) is 14.6 Å². The van der Waals surface area contributed by atoms with Crippen LogP contribution in [0.4, 0.5) is 5.69 Å². The second-order valence-corrected chi connectivity index (χ2v) is 4.76. The van der Waals surface area contributed by atoms with Crippen LogP contribution in [0.15, 0.2) is 36.5 Å². The lowest BCUT2D eigenvalue weighted by Gasteiger charge is -2.13. The van der Waals surface area contributed by atoms with Crippen LogP contribution in [0.2, 0.25) is 0 Å². The Bertz CT molecular complexity index is 746. The van der Waals surface area contributed by atoms with Crippen LogP contribution in [0.3, 0.4) is 0 Å². The van der Waals surface area contributed by atoms with E-state index in [1.54, 1.807) is 7.11 Å². The Kier molecular flexibility index (Phi) is 5.73. The predicted octanol–water partition coefficient (Wildman–Crippen LogP) is 2.28. The number of carbonyl (C=O) groups is 2. The Balaban J connectivity index is 2.28. The first-order chi connectivity index (χ1) is 11.6. The molecule has 0 spiro atoms. The molecule has 0 saturated carbocycles. The van der Waals surface area contributed by atoms with Crippen molar-refractivity contribution in [1.29, 1.82) is 0 Å². The number of hydrogen-bond acceptors (Lipinski definition) is 7. The fraction of sp³-hybridized carbons (Fsp3) is 0.235. The minimum atomic E-state index is -0.628. The number of carbonyl (C=O) groups excluding carboxylic acids is 2. The standard InChI is InChI=1S/C17H18N2O5/c1-22-15-7-5-4-6-11(15)9-18-14-10-19-13(17(21)24-3)8-12(14)16(20)23-2/h4-8,10,18H,9H2,1-3H3. The summed E-state index contributed by atoms with van der Waals surface area (Å²) in [6.45, 7) is 0.410. The van der Waals surface area contributed by atoms with Gasteiger partial charge in [-0.3, -0.25) is 0 Å². The van der Waals surface area contributed by atoms with E-state index >= 15 is 0 Å². The second kappa shape index (κ2) is 7.96. The summed E-state index contributed by atoms with van der Waals surface area (Å²) in [4.78, 5) is 27.5. The van der Waals surface area contributed by atoms with Gasteiger partial charge in [-0.05, 0) is 12.1 Å². The lowest BCUT2D eigenvalue weighted by atomic mass is 10.1. The van der Waals surface area contributed by atoms with Crippen molar-refractivity contribution < 1.29 is 23.8 Å². The largest absolute Gasteiger partial charge is 0.496 e. The topological polar surface area (TPSA) is 86.8 Å². The number of hydrogen-bond donors (Lipinski definition) is 1. The first-order valence-corrected chi connectivity index (χ1v) is 7.13. The van der Waals surface area contributed by atoms with E-state index in [0.29, 0.717) is 12.2 Å². The van der Waals surface area contributed by atoms with Gasteiger partial charge >= 0.3 is 11.9 Å². The molecule has 0 aliphatic carbocycles. The first kappa shape index (κ1) is 17.3. The van der Waals surface area contributed by atoms with Crippen LogP contribution in [-0.2, 0) is 16.0 Å². The third kappa shape index (κ3) is 3.81. The maximum absolute atomic E-state index is 12.0. The van der Waals surface area contributed by atoms with Crippen LogP contribution in [0.5, 0.6) is 5.75 Å².